The Morgan fingerprint density at radius 1 is 1.21 bits per heavy atom. The van der Waals surface area contributed by atoms with Gasteiger partial charge in [-0.15, -0.1) is 0 Å². The molecule has 0 bridgehead atoms. The van der Waals surface area contributed by atoms with Crippen LogP contribution in [0.5, 0.6) is 0 Å². The SMILES string of the molecule is COC(=O)[C@@H]1C=C[C@@]2(CC[C@@H]3CCCC[C@@]32O)CC1. The van der Waals surface area contributed by atoms with Gasteiger partial charge in [0.2, 0.25) is 0 Å². The molecule has 3 rings (SSSR count). The van der Waals surface area contributed by atoms with E-state index in [1.807, 2.05) is 6.08 Å². The quantitative estimate of drug-likeness (QED) is 0.585. The van der Waals surface area contributed by atoms with Crippen LogP contribution in [0.15, 0.2) is 12.2 Å². The van der Waals surface area contributed by atoms with Crippen molar-refractivity contribution < 1.29 is 14.6 Å². The molecule has 4 atom stereocenters. The van der Waals surface area contributed by atoms with E-state index >= 15 is 0 Å². The molecular formula is C16H24O3. The summed E-state index contributed by atoms with van der Waals surface area (Å²) in [6.07, 6.45) is 12.6. The van der Waals surface area contributed by atoms with Crippen molar-refractivity contribution in [3.63, 3.8) is 0 Å². The van der Waals surface area contributed by atoms with Crippen LogP contribution in [0.25, 0.3) is 0 Å². The van der Waals surface area contributed by atoms with Crippen molar-refractivity contribution in [1.29, 1.82) is 0 Å². The summed E-state index contributed by atoms with van der Waals surface area (Å²) in [6, 6.07) is 0. The van der Waals surface area contributed by atoms with Gasteiger partial charge in [-0.2, -0.15) is 0 Å². The molecular weight excluding hydrogens is 240 g/mol. The smallest absolute Gasteiger partial charge is 0.312 e. The summed E-state index contributed by atoms with van der Waals surface area (Å²) in [6.45, 7) is 0. The summed E-state index contributed by atoms with van der Waals surface area (Å²) in [5, 5.41) is 11.2. The maximum atomic E-state index is 11.6. The third-order valence-electron chi connectivity index (χ3n) is 5.89. The standard InChI is InChI=1S/C16H24O3/c1-19-14(17)12-5-9-15(10-6-12)11-7-13-4-2-3-8-16(13,15)18/h5,9,12-13,18H,2-4,6-8,10-11H2,1H3/t12-,13+,15+,16-/m1/s1. The molecule has 3 aliphatic carbocycles. The molecule has 0 heterocycles. The third kappa shape index (κ3) is 1.85. The lowest BCUT2D eigenvalue weighted by molar-refractivity contribution is -0.145. The first-order valence-corrected chi connectivity index (χ1v) is 7.61. The second-order valence-electron chi connectivity index (χ2n) is 6.59. The number of carbonyl (C=O) groups excluding carboxylic acids is 1. The van der Waals surface area contributed by atoms with Gasteiger partial charge in [0.1, 0.15) is 0 Å². The van der Waals surface area contributed by atoms with Crippen molar-refractivity contribution in [1.82, 2.24) is 0 Å². The number of fused-ring (bicyclic) bond motifs is 2. The van der Waals surface area contributed by atoms with Gasteiger partial charge in [0.15, 0.2) is 0 Å². The third-order valence-corrected chi connectivity index (χ3v) is 5.89. The highest BCUT2D eigenvalue weighted by Gasteiger charge is 2.58. The maximum absolute atomic E-state index is 11.6. The van der Waals surface area contributed by atoms with E-state index < -0.39 is 5.60 Å². The minimum absolute atomic E-state index is 0.0669. The van der Waals surface area contributed by atoms with E-state index in [4.69, 9.17) is 4.74 Å². The van der Waals surface area contributed by atoms with Gasteiger partial charge in [-0.1, -0.05) is 25.0 Å². The van der Waals surface area contributed by atoms with E-state index in [9.17, 15) is 9.90 Å². The first kappa shape index (κ1) is 13.2. The van der Waals surface area contributed by atoms with E-state index in [-0.39, 0.29) is 17.3 Å². The van der Waals surface area contributed by atoms with Crippen molar-refractivity contribution in [2.75, 3.05) is 7.11 Å². The molecule has 0 aromatic carbocycles. The minimum atomic E-state index is -0.511. The van der Waals surface area contributed by atoms with E-state index in [1.165, 1.54) is 20.0 Å². The number of hydrogen-bond donors (Lipinski definition) is 1. The maximum Gasteiger partial charge on any atom is 0.312 e. The summed E-state index contributed by atoms with van der Waals surface area (Å²) in [5.41, 5.74) is -0.578. The zero-order chi connectivity index (χ0) is 13.5. The van der Waals surface area contributed by atoms with Gasteiger partial charge in [0, 0.05) is 5.41 Å². The van der Waals surface area contributed by atoms with Crippen molar-refractivity contribution in [2.24, 2.45) is 17.3 Å². The van der Waals surface area contributed by atoms with Crippen molar-refractivity contribution in [3.8, 4) is 0 Å². The highest BCUT2D eigenvalue weighted by Crippen LogP contribution is 2.60. The molecule has 3 aliphatic rings. The molecule has 0 radical (unpaired) electrons. The summed E-state index contributed by atoms with van der Waals surface area (Å²) in [4.78, 5) is 11.6. The highest BCUT2D eigenvalue weighted by atomic mass is 16.5. The lowest BCUT2D eigenvalue weighted by Gasteiger charge is -2.48. The number of methoxy groups -OCH3 is 1. The lowest BCUT2D eigenvalue weighted by Crippen LogP contribution is -2.50. The fourth-order valence-corrected chi connectivity index (χ4v) is 4.72. The fraction of sp³-hybridized carbons (Fsp3) is 0.812. The Bertz CT molecular complexity index is 403. The first-order chi connectivity index (χ1) is 9.11. The normalized spacial score (nSPS) is 45.2. The van der Waals surface area contributed by atoms with E-state index in [2.05, 4.69) is 6.08 Å². The minimum Gasteiger partial charge on any atom is -0.469 e. The first-order valence-electron chi connectivity index (χ1n) is 7.61. The molecule has 1 spiro atoms. The topological polar surface area (TPSA) is 46.5 Å². The zero-order valence-corrected chi connectivity index (χ0v) is 11.7. The summed E-state index contributed by atoms with van der Waals surface area (Å²) in [5.74, 6) is 0.221. The average Bonchev–Trinajstić information content (AvgIpc) is 2.72. The average molecular weight is 264 g/mol. The van der Waals surface area contributed by atoms with Crippen molar-refractivity contribution >= 4 is 5.97 Å². The van der Waals surface area contributed by atoms with Crippen LogP contribution in [0.1, 0.15) is 51.4 Å². The van der Waals surface area contributed by atoms with Gasteiger partial charge >= 0.3 is 5.97 Å². The molecule has 0 unspecified atom stereocenters. The molecule has 0 amide bonds. The van der Waals surface area contributed by atoms with Crippen molar-refractivity contribution in [2.45, 2.75) is 57.0 Å². The van der Waals surface area contributed by atoms with Crippen LogP contribution in [-0.2, 0) is 9.53 Å². The second-order valence-corrected chi connectivity index (χ2v) is 6.59. The summed E-state index contributed by atoms with van der Waals surface area (Å²) < 4.78 is 4.82. The lowest BCUT2D eigenvalue weighted by atomic mass is 9.61. The molecule has 3 heteroatoms. The molecule has 19 heavy (non-hydrogen) atoms. The Morgan fingerprint density at radius 3 is 2.68 bits per heavy atom. The van der Waals surface area contributed by atoms with Crippen LogP contribution in [0.4, 0.5) is 0 Å². The number of carbonyl (C=O) groups is 1. The Labute approximate surface area is 115 Å². The van der Waals surface area contributed by atoms with Gasteiger partial charge in [0.25, 0.3) is 0 Å². The van der Waals surface area contributed by atoms with E-state index in [0.717, 1.165) is 38.5 Å². The van der Waals surface area contributed by atoms with Gasteiger partial charge in [-0.25, -0.2) is 0 Å². The highest BCUT2D eigenvalue weighted by molar-refractivity contribution is 5.74. The summed E-state index contributed by atoms with van der Waals surface area (Å²) >= 11 is 0. The number of ether oxygens (including phenoxy) is 1. The van der Waals surface area contributed by atoms with Crippen LogP contribution in [0, 0.1) is 17.3 Å². The van der Waals surface area contributed by atoms with Crippen molar-refractivity contribution in [3.05, 3.63) is 12.2 Å². The summed E-state index contributed by atoms with van der Waals surface area (Å²) in [7, 11) is 1.45. The number of aliphatic hydroxyl groups is 1. The monoisotopic (exact) mass is 264 g/mol. The Balaban J connectivity index is 1.84. The molecule has 2 saturated carbocycles. The molecule has 2 fully saturated rings. The zero-order valence-electron chi connectivity index (χ0n) is 11.7. The van der Waals surface area contributed by atoms with Crippen LogP contribution >= 0.6 is 0 Å². The Hall–Kier alpha value is -0.830. The van der Waals surface area contributed by atoms with Crippen LogP contribution in [0.2, 0.25) is 0 Å². The fourth-order valence-electron chi connectivity index (χ4n) is 4.72. The molecule has 0 aromatic rings. The Kier molecular flexibility index (Phi) is 3.20. The number of rotatable bonds is 1. The van der Waals surface area contributed by atoms with Crippen LogP contribution in [-0.4, -0.2) is 23.8 Å². The molecule has 0 aromatic heterocycles. The van der Waals surface area contributed by atoms with Gasteiger partial charge in [0.05, 0.1) is 18.6 Å². The molecule has 1 N–H and O–H groups in total. The van der Waals surface area contributed by atoms with E-state index in [0.29, 0.717) is 5.92 Å². The Morgan fingerprint density at radius 2 is 2.00 bits per heavy atom. The number of hydrogen-bond acceptors (Lipinski definition) is 3. The van der Waals surface area contributed by atoms with Crippen LogP contribution in [0.3, 0.4) is 0 Å². The molecule has 3 nitrogen and oxygen atoms in total. The largest absolute Gasteiger partial charge is 0.469 e. The van der Waals surface area contributed by atoms with Crippen LogP contribution < -0.4 is 0 Å². The second kappa shape index (κ2) is 4.62. The van der Waals surface area contributed by atoms with Gasteiger partial charge in [-0.3, -0.25) is 4.79 Å². The van der Waals surface area contributed by atoms with Gasteiger partial charge in [-0.05, 0) is 44.4 Å². The molecule has 0 aliphatic heterocycles. The predicted octanol–water partition coefficient (Wildman–Crippen LogP) is 2.83. The molecule has 106 valence electrons. The van der Waals surface area contributed by atoms with Gasteiger partial charge < -0.3 is 9.84 Å². The predicted molar refractivity (Wildman–Crippen MR) is 72.5 cm³/mol. The number of esters is 1. The molecule has 0 saturated heterocycles. The van der Waals surface area contributed by atoms with E-state index in [1.54, 1.807) is 0 Å².